The molecule has 4 aromatic rings. The first-order chi connectivity index (χ1) is 19.9. The van der Waals surface area contributed by atoms with Gasteiger partial charge in [0.25, 0.3) is 5.91 Å². The highest BCUT2D eigenvalue weighted by molar-refractivity contribution is 7.16. The Labute approximate surface area is 248 Å². The van der Waals surface area contributed by atoms with Crippen LogP contribution in [0.3, 0.4) is 0 Å². The summed E-state index contributed by atoms with van der Waals surface area (Å²) in [5, 5.41) is 1.30. The standard InChI is InChI=1S/C31H32ClN5O3S/c1-19(23-6-3-7-26(29(23)32)40-22-10-13-36(2)14-11-22)39-27-16-28(41-30(27)31(33)38)37-18-35-24-15-20(8-9-25(24)37)21-5-4-12-34-17-21/h3,5-9,15-19,22H,4,10-14H2,1-2H3,(H2,33,38). The summed E-state index contributed by atoms with van der Waals surface area (Å²) >= 11 is 8.08. The molecule has 0 radical (unpaired) electrons. The number of fused-ring (bicyclic) bond motifs is 1. The fourth-order valence-corrected chi connectivity index (χ4v) is 6.53. The summed E-state index contributed by atoms with van der Waals surface area (Å²) in [7, 11) is 2.12. The van der Waals surface area contributed by atoms with E-state index in [1.54, 1.807) is 6.33 Å². The molecule has 1 amide bonds. The average Bonchev–Trinajstić information content (AvgIpc) is 3.59. The molecule has 2 aromatic heterocycles. The zero-order valence-electron chi connectivity index (χ0n) is 23.0. The van der Waals surface area contributed by atoms with Gasteiger partial charge in [-0.2, -0.15) is 0 Å². The van der Waals surface area contributed by atoms with Gasteiger partial charge in [-0.1, -0.05) is 35.9 Å². The van der Waals surface area contributed by atoms with Crippen LogP contribution < -0.4 is 15.2 Å². The third-order valence-electron chi connectivity index (χ3n) is 7.57. The van der Waals surface area contributed by atoms with Crippen molar-refractivity contribution in [1.29, 1.82) is 0 Å². The number of halogens is 1. The Kier molecular flexibility index (Phi) is 7.84. The van der Waals surface area contributed by atoms with E-state index in [-0.39, 0.29) is 6.10 Å². The summed E-state index contributed by atoms with van der Waals surface area (Å²) < 4.78 is 14.5. The molecule has 1 saturated heterocycles. The van der Waals surface area contributed by atoms with Crippen LogP contribution in [-0.2, 0) is 0 Å². The summed E-state index contributed by atoms with van der Waals surface area (Å²) in [5.74, 6) is 0.503. The number of imidazole rings is 1. The number of hydrogen-bond acceptors (Lipinski definition) is 7. The number of nitrogens with zero attached hydrogens (tertiary/aromatic N) is 4. The van der Waals surface area contributed by atoms with Gasteiger partial charge in [0.2, 0.25) is 0 Å². The number of benzene rings is 2. The van der Waals surface area contributed by atoms with E-state index < -0.39 is 12.0 Å². The molecule has 41 heavy (non-hydrogen) atoms. The number of allylic oxidation sites excluding steroid dienone is 1. The lowest BCUT2D eigenvalue weighted by Gasteiger charge is -2.30. The first-order valence-electron chi connectivity index (χ1n) is 13.8. The summed E-state index contributed by atoms with van der Waals surface area (Å²) in [6.07, 6.45) is 8.39. The second-order valence-corrected chi connectivity index (χ2v) is 11.9. The van der Waals surface area contributed by atoms with E-state index in [1.807, 2.05) is 48.0 Å². The number of carbonyl (C=O) groups excluding carboxylic acids is 1. The van der Waals surface area contributed by atoms with Crippen molar-refractivity contribution in [3.63, 3.8) is 0 Å². The maximum atomic E-state index is 12.4. The second-order valence-electron chi connectivity index (χ2n) is 10.5. The number of hydrogen-bond donors (Lipinski definition) is 1. The SMILES string of the molecule is CC(Oc1cc(-n2cnc3cc(C4=CCCN=C4)ccc32)sc1C(N)=O)c1cccc(OC2CCN(C)CC2)c1Cl. The Balaban J connectivity index is 1.25. The van der Waals surface area contributed by atoms with Gasteiger partial charge in [-0.05, 0) is 62.6 Å². The number of likely N-dealkylation sites (tertiary alicyclic amines) is 1. The summed E-state index contributed by atoms with van der Waals surface area (Å²) in [6.45, 7) is 4.73. The van der Waals surface area contributed by atoms with Crippen LogP contribution in [-0.4, -0.2) is 59.4 Å². The molecule has 2 aromatic carbocycles. The van der Waals surface area contributed by atoms with Crippen molar-refractivity contribution in [3.8, 4) is 16.5 Å². The molecule has 2 aliphatic heterocycles. The minimum atomic E-state index is -0.552. The Bertz CT molecular complexity index is 1650. The molecule has 0 spiro atoms. The quantitative estimate of drug-likeness (QED) is 0.260. The third kappa shape index (κ3) is 5.75. The van der Waals surface area contributed by atoms with Crippen LogP contribution in [0.1, 0.15) is 53.1 Å². The molecule has 4 heterocycles. The minimum Gasteiger partial charge on any atom is -0.489 e. The topological polar surface area (TPSA) is 95.0 Å². The molecule has 0 aliphatic carbocycles. The molecule has 8 nitrogen and oxygen atoms in total. The van der Waals surface area contributed by atoms with Crippen molar-refractivity contribution < 1.29 is 14.3 Å². The third-order valence-corrected chi connectivity index (χ3v) is 9.11. The molecule has 10 heteroatoms. The number of nitrogens with two attached hydrogens (primary N) is 1. The predicted molar refractivity (Wildman–Crippen MR) is 165 cm³/mol. The normalized spacial score (nSPS) is 17.0. The molecular weight excluding hydrogens is 558 g/mol. The van der Waals surface area contributed by atoms with Crippen LogP contribution >= 0.6 is 22.9 Å². The average molecular weight is 590 g/mol. The molecule has 1 fully saturated rings. The van der Waals surface area contributed by atoms with Gasteiger partial charge in [0, 0.05) is 37.5 Å². The molecule has 2 N–H and O–H groups in total. The highest BCUT2D eigenvalue weighted by atomic mass is 35.5. The van der Waals surface area contributed by atoms with Crippen molar-refractivity contribution in [2.24, 2.45) is 10.7 Å². The molecule has 1 atom stereocenters. The van der Waals surface area contributed by atoms with E-state index in [9.17, 15) is 4.79 Å². The fraction of sp³-hybridized carbons (Fsp3) is 0.323. The monoisotopic (exact) mass is 589 g/mol. The number of thiophene rings is 1. The molecule has 0 bridgehead atoms. The first kappa shape index (κ1) is 27.5. The Morgan fingerprint density at radius 3 is 2.76 bits per heavy atom. The molecular formula is C31H32ClN5O3S. The number of amides is 1. The lowest BCUT2D eigenvalue weighted by Crippen LogP contribution is -2.35. The van der Waals surface area contributed by atoms with Crippen molar-refractivity contribution >= 4 is 51.7 Å². The van der Waals surface area contributed by atoms with E-state index >= 15 is 0 Å². The smallest absolute Gasteiger partial charge is 0.262 e. The van der Waals surface area contributed by atoms with Gasteiger partial charge in [0.15, 0.2) is 0 Å². The van der Waals surface area contributed by atoms with Crippen molar-refractivity contribution in [2.45, 2.75) is 38.4 Å². The van der Waals surface area contributed by atoms with E-state index in [1.165, 1.54) is 11.3 Å². The molecule has 212 valence electrons. The Morgan fingerprint density at radius 1 is 1.17 bits per heavy atom. The number of piperidine rings is 1. The van der Waals surface area contributed by atoms with Gasteiger partial charge in [-0.25, -0.2) is 4.98 Å². The lowest BCUT2D eigenvalue weighted by molar-refractivity contribution is 0.0998. The van der Waals surface area contributed by atoms with E-state index in [4.69, 9.17) is 26.8 Å². The Morgan fingerprint density at radius 2 is 2.00 bits per heavy atom. The first-order valence-corrected chi connectivity index (χ1v) is 15.0. The highest BCUT2D eigenvalue weighted by Crippen LogP contribution is 2.39. The molecule has 6 rings (SSSR count). The predicted octanol–water partition coefficient (Wildman–Crippen LogP) is 6.31. The number of aliphatic imine (C=N–C) groups is 1. The number of ether oxygens (including phenoxy) is 2. The van der Waals surface area contributed by atoms with E-state index in [0.29, 0.717) is 21.4 Å². The zero-order chi connectivity index (χ0) is 28.5. The van der Waals surface area contributed by atoms with Crippen LogP contribution in [0.5, 0.6) is 11.5 Å². The van der Waals surface area contributed by atoms with Crippen LogP contribution in [0.25, 0.3) is 21.6 Å². The van der Waals surface area contributed by atoms with E-state index in [0.717, 1.165) is 71.6 Å². The molecule has 1 unspecified atom stereocenters. The summed E-state index contributed by atoms with van der Waals surface area (Å²) in [5.41, 5.74) is 10.5. The maximum absolute atomic E-state index is 12.4. The lowest BCUT2D eigenvalue weighted by atomic mass is 10.0. The van der Waals surface area contributed by atoms with Crippen LogP contribution in [0, 0.1) is 0 Å². The van der Waals surface area contributed by atoms with E-state index in [2.05, 4.69) is 40.1 Å². The van der Waals surface area contributed by atoms with Crippen molar-refractivity contribution in [3.05, 3.63) is 75.9 Å². The number of carbonyl (C=O) groups is 1. The van der Waals surface area contributed by atoms with Gasteiger partial charge in [0.05, 0.1) is 16.1 Å². The van der Waals surface area contributed by atoms with Gasteiger partial charge in [-0.3, -0.25) is 14.4 Å². The van der Waals surface area contributed by atoms with Gasteiger partial charge in [0.1, 0.15) is 39.9 Å². The number of dihydropyridines is 1. The highest BCUT2D eigenvalue weighted by Gasteiger charge is 2.24. The zero-order valence-corrected chi connectivity index (χ0v) is 24.6. The van der Waals surface area contributed by atoms with Crippen molar-refractivity contribution in [2.75, 3.05) is 26.7 Å². The Hall–Kier alpha value is -3.66. The second kappa shape index (κ2) is 11.7. The summed E-state index contributed by atoms with van der Waals surface area (Å²) in [4.78, 5) is 24.1. The number of aromatic nitrogens is 2. The van der Waals surface area contributed by atoms with Crippen LogP contribution in [0.2, 0.25) is 5.02 Å². The van der Waals surface area contributed by atoms with Gasteiger partial charge in [-0.15, -0.1) is 11.3 Å². The maximum Gasteiger partial charge on any atom is 0.262 e. The molecule has 2 aliphatic rings. The van der Waals surface area contributed by atoms with Crippen molar-refractivity contribution in [1.82, 2.24) is 14.5 Å². The number of rotatable bonds is 8. The number of primary amides is 1. The van der Waals surface area contributed by atoms with Crippen LogP contribution in [0.15, 0.2) is 59.9 Å². The van der Waals surface area contributed by atoms with Gasteiger partial charge >= 0.3 is 0 Å². The van der Waals surface area contributed by atoms with Gasteiger partial charge < -0.3 is 20.1 Å². The fourth-order valence-electron chi connectivity index (χ4n) is 5.28. The van der Waals surface area contributed by atoms with Crippen LogP contribution in [0.4, 0.5) is 0 Å². The molecule has 0 saturated carbocycles. The summed E-state index contributed by atoms with van der Waals surface area (Å²) in [6, 6.07) is 13.7. The minimum absolute atomic E-state index is 0.129. The largest absolute Gasteiger partial charge is 0.489 e.